The van der Waals surface area contributed by atoms with Crippen molar-refractivity contribution in [3.63, 3.8) is 0 Å². The average Bonchev–Trinajstić information content (AvgIpc) is 2.42. The maximum atomic E-state index is 11.8. The zero-order valence-electron chi connectivity index (χ0n) is 10.5. The van der Waals surface area contributed by atoms with Crippen molar-refractivity contribution in [1.82, 2.24) is 4.98 Å². The Morgan fingerprint density at radius 2 is 2.00 bits per heavy atom. The summed E-state index contributed by atoms with van der Waals surface area (Å²) in [4.78, 5) is 25.1. The van der Waals surface area contributed by atoms with Crippen LogP contribution in [0.15, 0.2) is 6.07 Å². The minimum atomic E-state index is -0.943. The van der Waals surface area contributed by atoms with Gasteiger partial charge in [-0.25, -0.2) is 4.79 Å². The third kappa shape index (κ3) is 3.94. The third-order valence-electron chi connectivity index (χ3n) is 2.02. The SMILES string of the molecule is Cc1cc(CC(=O)O)[nH]c1C(=O)OC(C)(C)C. The first-order valence-corrected chi connectivity index (χ1v) is 5.32. The molecule has 0 radical (unpaired) electrons. The number of hydrogen-bond acceptors (Lipinski definition) is 3. The highest BCUT2D eigenvalue weighted by molar-refractivity contribution is 5.89. The smallest absolute Gasteiger partial charge is 0.355 e. The number of aromatic nitrogens is 1. The van der Waals surface area contributed by atoms with Crippen molar-refractivity contribution < 1.29 is 19.4 Å². The normalized spacial score (nSPS) is 11.3. The van der Waals surface area contributed by atoms with Gasteiger partial charge < -0.3 is 14.8 Å². The van der Waals surface area contributed by atoms with E-state index < -0.39 is 17.5 Å². The molecule has 5 heteroatoms. The lowest BCUT2D eigenvalue weighted by Gasteiger charge is -2.19. The molecule has 0 aliphatic carbocycles. The van der Waals surface area contributed by atoms with Crippen LogP contribution >= 0.6 is 0 Å². The number of nitrogens with one attached hydrogen (secondary N) is 1. The van der Waals surface area contributed by atoms with Gasteiger partial charge in [0, 0.05) is 5.69 Å². The minimum Gasteiger partial charge on any atom is -0.481 e. The predicted octanol–water partition coefficient (Wildman–Crippen LogP) is 1.91. The summed E-state index contributed by atoms with van der Waals surface area (Å²) in [6, 6.07) is 1.65. The van der Waals surface area contributed by atoms with Gasteiger partial charge in [0.05, 0.1) is 6.42 Å². The first kappa shape index (κ1) is 13.3. The summed E-state index contributed by atoms with van der Waals surface area (Å²) in [6.07, 6.45) is -0.135. The molecule has 0 spiro atoms. The monoisotopic (exact) mass is 239 g/mol. The Labute approximate surface area is 99.8 Å². The molecule has 0 aliphatic rings. The third-order valence-corrected chi connectivity index (χ3v) is 2.02. The second-order valence-electron chi connectivity index (χ2n) is 4.92. The fraction of sp³-hybridized carbons (Fsp3) is 0.500. The van der Waals surface area contributed by atoms with E-state index >= 15 is 0 Å². The second-order valence-corrected chi connectivity index (χ2v) is 4.92. The van der Waals surface area contributed by atoms with Crippen LogP contribution in [0.5, 0.6) is 0 Å². The van der Waals surface area contributed by atoms with Gasteiger partial charge in [-0.1, -0.05) is 0 Å². The van der Waals surface area contributed by atoms with E-state index in [0.717, 1.165) is 0 Å². The first-order chi connectivity index (χ1) is 7.69. The highest BCUT2D eigenvalue weighted by atomic mass is 16.6. The van der Waals surface area contributed by atoms with Gasteiger partial charge in [0.1, 0.15) is 11.3 Å². The maximum Gasteiger partial charge on any atom is 0.355 e. The quantitative estimate of drug-likeness (QED) is 0.789. The molecule has 2 N–H and O–H groups in total. The number of aromatic amines is 1. The van der Waals surface area contributed by atoms with Gasteiger partial charge in [-0.05, 0) is 39.3 Å². The highest BCUT2D eigenvalue weighted by Crippen LogP contribution is 2.16. The summed E-state index contributed by atoms with van der Waals surface area (Å²) < 4.78 is 5.21. The van der Waals surface area contributed by atoms with Crippen LogP contribution in [-0.4, -0.2) is 27.6 Å². The molecule has 0 atom stereocenters. The standard InChI is InChI=1S/C12H17NO4/c1-7-5-8(6-9(14)15)13-10(7)11(16)17-12(2,3)4/h5,13H,6H2,1-4H3,(H,14,15). The van der Waals surface area contributed by atoms with E-state index in [-0.39, 0.29) is 6.42 Å². The number of carbonyl (C=O) groups is 2. The van der Waals surface area contributed by atoms with E-state index in [1.807, 2.05) is 0 Å². The Balaban J connectivity index is 2.88. The van der Waals surface area contributed by atoms with Crippen LogP contribution in [-0.2, 0) is 16.0 Å². The van der Waals surface area contributed by atoms with Crippen LogP contribution in [0.3, 0.4) is 0 Å². The Bertz CT molecular complexity index is 440. The summed E-state index contributed by atoms with van der Waals surface area (Å²) in [5.74, 6) is -1.41. The molecular formula is C12H17NO4. The van der Waals surface area contributed by atoms with E-state index in [2.05, 4.69) is 4.98 Å². The Kier molecular flexibility index (Phi) is 3.60. The van der Waals surface area contributed by atoms with Gasteiger partial charge in [-0.3, -0.25) is 4.79 Å². The number of carboxylic acid groups (broad SMARTS) is 1. The van der Waals surface area contributed by atoms with Gasteiger partial charge in [0.15, 0.2) is 0 Å². The largest absolute Gasteiger partial charge is 0.481 e. The topological polar surface area (TPSA) is 79.4 Å². The van der Waals surface area contributed by atoms with Crippen LogP contribution in [0.4, 0.5) is 0 Å². The van der Waals surface area contributed by atoms with Crippen molar-refractivity contribution in [3.05, 3.63) is 23.0 Å². The van der Waals surface area contributed by atoms with Gasteiger partial charge in [-0.15, -0.1) is 0 Å². The number of rotatable bonds is 3. The number of ether oxygens (including phenoxy) is 1. The lowest BCUT2D eigenvalue weighted by molar-refractivity contribution is -0.136. The fourth-order valence-electron chi connectivity index (χ4n) is 1.43. The maximum absolute atomic E-state index is 11.8. The predicted molar refractivity (Wildman–Crippen MR) is 62.0 cm³/mol. The average molecular weight is 239 g/mol. The molecule has 0 saturated carbocycles. The number of hydrogen-bond donors (Lipinski definition) is 2. The number of esters is 1. The van der Waals surface area contributed by atoms with E-state index in [1.54, 1.807) is 33.8 Å². The van der Waals surface area contributed by atoms with Crippen LogP contribution in [0.25, 0.3) is 0 Å². The molecular weight excluding hydrogens is 222 g/mol. The molecule has 0 bridgehead atoms. The van der Waals surface area contributed by atoms with E-state index in [1.165, 1.54) is 0 Å². The van der Waals surface area contributed by atoms with Crippen molar-refractivity contribution in [2.24, 2.45) is 0 Å². The summed E-state index contributed by atoms with van der Waals surface area (Å²) in [5.41, 5.74) is 0.934. The van der Waals surface area contributed by atoms with Crippen molar-refractivity contribution in [2.75, 3.05) is 0 Å². The molecule has 1 heterocycles. The summed E-state index contributed by atoms with van der Waals surface area (Å²) in [7, 11) is 0. The van der Waals surface area contributed by atoms with Crippen LogP contribution in [0.2, 0.25) is 0 Å². The van der Waals surface area contributed by atoms with Crippen LogP contribution < -0.4 is 0 Å². The molecule has 17 heavy (non-hydrogen) atoms. The van der Waals surface area contributed by atoms with Crippen LogP contribution in [0.1, 0.15) is 42.5 Å². The van der Waals surface area contributed by atoms with Gasteiger partial charge in [0.25, 0.3) is 0 Å². The highest BCUT2D eigenvalue weighted by Gasteiger charge is 2.21. The lowest BCUT2D eigenvalue weighted by atomic mass is 10.2. The molecule has 1 aromatic heterocycles. The fourth-order valence-corrected chi connectivity index (χ4v) is 1.43. The molecule has 94 valence electrons. The molecule has 0 fully saturated rings. The number of carboxylic acids is 1. The Morgan fingerprint density at radius 3 is 2.47 bits per heavy atom. The first-order valence-electron chi connectivity index (χ1n) is 5.32. The van der Waals surface area contributed by atoms with E-state index in [4.69, 9.17) is 9.84 Å². The molecule has 0 aliphatic heterocycles. The number of aryl methyl sites for hydroxylation is 1. The minimum absolute atomic E-state index is 0.135. The second kappa shape index (κ2) is 4.61. The van der Waals surface area contributed by atoms with Gasteiger partial charge >= 0.3 is 11.9 Å². The van der Waals surface area contributed by atoms with Crippen molar-refractivity contribution in [1.29, 1.82) is 0 Å². The van der Waals surface area contributed by atoms with Crippen molar-refractivity contribution >= 4 is 11.9 Å². The Hall–Kier alpha value is -1.78. The Morgan fingerprint density at radius 1 is 1.41 bits per heavy atom. The molecule has 1 rings (SSSR count). The number of H-pyrrole nitrogens is 1. The molecule has 0 saturated heterocycles. The molecule has 1 aromatic rings. The van der Waals surface area contributed by atoms with E-state index in [9.17, 15) is 9.59 Å². The lowest BCUT2D eigenvalue weighted by Crippen LogP contribution is -2.24. The zero-order valence-corrected chi connectivity index (χ0v) is 10.5. The van der Waals surface area contributed by atoms with Crippen molar-refractivity contribution in [3.8, 4) is 0 Å². The molecule has 0 amide bonds. The molecule has 0 unspecified atom stereocenters. The van der Waals surface area contributed by atoms with E-state index in [0.29, 0.717) is 17.0 Å². The zero-order chi connectivity index (χ0) is 13.2. The van der Waals surface area contributed by atoms with Gasteiger partial charge in [-0.2, -0.15) is 0 Å². The summed E-state index contributed by atoms with van der Waals surface area (Å²) >= 11 is 0. The summed E-state index contributed by atoms with van der Waals surface area (Å²) in [5, 5.41) is 8.66. The van der Waals surface area contributed by atoms with Crippen LogP contribution in [0, 0.1) is 6.92 Å². The number of aliphatic carboxylic acids is 1. The van der Waals surface area contributed by atoms with Crippen molar-refractivity contribution in [2.45, 2.75) is 39.7 Å². The summed E-state index contributed by atoms with van der Waals surface area (Å²) in [6.45, 7) is 7.07. The van der Waals surface area contributed by atoms with Gasteiger partial charge in [0.2, 0.25) is 0 Å². The number of carbonyl (C=O) groups excluding carboxylic acids is 1. The molecule has 5 nitrogen and oxygen atoms in total. The molecule has 0 aromatic carbocycles.